The second kappa shape index (κ2) is 8.15. The Hall–Kier alpha value is -0.390. The molecule has 0 bridgehead atoms. The van der Waals surface area contributed by atoms with Crippen LogP contribution in [0.5, 0.6) is 0 Å². The van der Waals surface area contributed by atoms with E-state index >= 15 is 0 Å². The lowest BCUT2D eigenvalue weighted by Crippen LogP contribution is -2.25. The van der Waals surface area contributed by atoms with E-state index in [1.54, 1.807) is 0 Å². The van der Waals surface area contributed by atoms with Gasteiger partial charge in [-0.1, -0.05) is 19.3 Å². The molecule has 1 fully saturated rings. The number of hydrogen-bond donors (Lipinski definition) is 1. The highest BCUT2D eigenvalue weighted by Gasteiger charge is 2.14. The third-order valence-corrected chi connectivity index (χ3v) is 4.96. The molecule has 0 atom stereocenters. The first-order valence-corrected chi connectivity index (χ1v) is 8.55. The van der Waals surface area contributed by atoms with Gasteiger partial charge in [0.05, 0.1) is 28.6 Å². The van der Waals surface area contributed by atoms with Crippen LogP contribution in [0.4, 0.5) is 0 Å². The lowest BCUT2D eigenvalue weighted by atomic mass is 9.98. The third kappa shape index (κ3) is 4.30. The van der Waals surface area contributed by atoms with E-state index in [2.05, 4.69) is 38.0 Å². The molecule has 0 aliphatic heterocycles. The Morgan fingerprint density at radius 1 is 1.35 bits per heavy atom. The SMILES string of the molecule is CCn1nc(C)c(Br)c1CNCCOC1CCCCC1. The van der Waals surface area contributed by atoms with Gasteiger partial charge in [0, 0.05) is 19.6 Å². The smallest absolute Gasteiger partial charge is 0.0739 e. The van der Waals surface area contributed by atoms with Gasteiger partial charge < -0.3 is 10.1 Å². The van der Waals surface area contributed by atoms with Crippen LogP contribution < -0.4 is 5.32 Å². The van der Waals surface area contributed by atoms with Crippen molar-refractivity contribution in [3.8, 4) is 0 Å². The largest absolute Gasteiger partial charge is 0.377 e. The van der Waals surface area contributed by atoms with Crippen molar-refractivity contribution in [1.82, 2.24) is 15.1 Å². The summed E-state index contributed by atoms with van der Waals surface area (Å²) in [5, 5.41) is 7.95. The first-order valence-electron chi connectivity index (χ1n) is 7.76. The highest BCUT2D eigenvalue weighted by atomic mass is 79.9. The number of hydrogen-bond acceptors (Lipinski definition) is 3. The van der Waals surface area contributed by atoms with Crippen LogP contribution in [0.15, 0.2) is 4.47 Å². The second-order valence-corrected chi connectivity index (χ2v) is 6.26. The van der Waals surface area contributed by atoms with Crippen molar-refractivity contribution in [1.29, 1.82) is 0 Å². The number of ether oxygens (including phenoxy) is 1. The maximum atomic E-state index is 5.92. The summed E-state index contributed by atoms with van der Waals surface area (Å²) in [5.41, 5.74) is 2.28. The molecule has 5 heteroatoms. The van der Waals surface area contributed by atoms with Gasteiger partial charge in [-0.15, -0.1) is 0 Å². The predicted octanol–water partition coefficient (Wildman–Crippen LogP) is 3.41. The van der Waals surface area contributed by atoms with E-state index in [9.17, 15) is 0 Å². The molecule has 2 rings (SSSR count). The molecular weight excluding hydrogens is 318 g/mol. The highest BCUT2D eigenvalue weighted by Crippen LogP contribution is 2.21. The zero-order chi connectivity index (χ0) is 14.4. The van der Waals surface area contributed by atoms with Crippen LogP contribution in [-0.4, -0.2) is 29.0 Å². The quantitative estimate of drug-likeness (QED) is 0.771. The Bertz CT molecular complexity index is 413. The van der Waals surface area contributed by atoms with Crippen molar-refractivity contribution in [2.24, 2.45) is 0 Å². The lowest BCUT2D eigenvalue weighted by molar-refractivity contribution is 0.0302. The molecule has 4 nitrogen and oxygen atoms in total. The number of nitrogens with zero attached hydrogens (tertiary/aromatic N) is 2. The van der Waals surface area contributed by atoms with Crippen molar-refractivity contribution >= 4 is 15.9 Å². The second-order valence-electron chi connectivity index (χ2n) is 5.47. The Morgan fingerprint density at radius 3 is 2.80 bits per heavy atom. The highest BCUT2D eigenvalue weighted by molar-refractivity contribution is 9.10. The first-order chi connectivity index (χ1) is 9.72. The molecular formula is C15H26BrN3O. The average molecular weight is 344 g/mol. The first kappa shape index (κ1) is 16.0. The predicted molar refractivity (Wildman–Crippen MR) is 84.9 cm³/mol. The van der Waals surface area contributed by atoms with Crippen molar-refractivity contribution in [3.63, 3.8) is 0 Å². The molecule has 0 aromatic carbocycles. The molecule has 0 saturated heterocycles. The fourth-order valence-corrected chi connectivity index (χ4v) is 3.20. The molecule has 1 aromatic rings. The lowest BCUT2D eigenvalue weighted by Gasteiger charge is -2.22. The molecule has 1 heterocycles. The minimum Gasteiger partial charge on any atom is -0.377 e. The van der Waals surface area contributed by atoms with E-state index in [0.29, 0.717) is 6.10 Å². The van der Waals surface area contributed by atoms with E-state index in [1.165, 1.54) is 37.8 Å². The van der Waals surface area contributed by atoms with Gasteiger partial charge in [-0.3, -0.25) is 4.68 Å². The monoisotopic (exact) mass is 343 g/mol. The van der Waals surface area contributed by atoms with Crippen LogP contribution in [0.3, 0.4) is 0 Å². The van der Waals surface area contributed by atoms with E-state index < -0.39 is 0 Å². The maximum Gasteiger partial charge on any atom is 0.0739 e. The Balaban J connectivity index is 1.68. The summed E-state index contributed by atoms with van der Waals surface area (Å²) in [6.07, 6.45) is 7.04. The molecule has 1 aromatic heterocycles. The minimum atomic E-state index is 0.501. The van der Waals surface area contributed by atoms with Crippen molar-refractivity contribution in [2.75, 3.05) is 13.2 Å². The van der Waals surface area contributed by atoms with Gasteiger partial charge in [-0.2, -0.15) is 5.10 Å². The average Bonchev–Trinajstić information content (AvgIpc) is 2.75. The number of nitrogens with one attached hydrogen (secondary N) is 1. The Morgan fingerprint density at radius 2 is 2.10 bits per heavy atom. The van der Waals surface area contributed by atoms with Crippen LogP contribution in [-0.2, 0) is 17.8 Å². The number of aryl methyl sites for hydroxylation is 2. The van der Waals surface area contributed by atoms with E-state index in [0.717, 1.165) is 36.4 Å². The van der Waals surface area contributed by atoms with Gasteiger partial charge in [-0.05, 0) is 42.6 Å². The van der Waals surface area contributed by atoms with E-state index in [1.807, 2.05) is 6.92 Å². The summed E-state index contributed by atoms with van der Waals surface area (Å²) in [4.78, 5) is 0. The van der Waals surface area contributed by atoms with Crippen LogP contribution in [0, 0.1) is 6.92 Å². The van der Waals surface area contributed by atoms with Crippen molar-refractivity contribution in [3.05, 3.63) is 15.9 Å². The number of halogens is 1. The molecule has 0 amide bonds. The summed E-state index contributed by atoms with van der Waals surface area (Å²) in [6, 6.07) is 0. The van der Waals surface area contributed by atoms with Gasteiger partial charge >= 0.3 is 0 Å². The zero-order valence-electron chi connectivity index (χ0n) is 12.6. The molecule has 0 radical (unpaired) electrons. The summed E-state index contributed by atoms with van der Waals surface area (Å²) in [7, 11) is 0. The van der Waals surface area contributed by atoms with Crippen molar-refractivity contribution in [2.45, 2.75) is 65.1 Å². The molecule has 20 heavy (non-hydrogen) atoms. The summed E-state index contributed by atoms with van der Waals surface area (Å²) in [5.74, 6) is 0. The van der Waals surface area contributed by atoms with E-state index in [4.69, 9.17) is 4.74 Å². The fraction of sp³-hybridized carbons (Fsp3) is 0.800. The molecule has 0 spiro atoms. The fourth-order valence-electron chi connectivity index (χ4n) is 2.77. The molecule has 1 aliphatic carbocycles. The summed E-state index contributed by atoms with van der Waals surface area (Å²) in [6.45, 7) is 7.60. The van der Waals surface area contributed by atoms with Crippen LogP contribution in [0.2, 0.25) is 0 Å². The van der Waals surface area contributed by atoms with Gasteiger partial charge in [0.1, 0.15) is 0 Å². The summed E-state index contributed by atoms with van der Waals surface area (Å²) < 4.78 is 9.09. The maximum absolute atomic E-state index is 5.92. The standard InChI is InChI=1S/C15H26BrN3O/c1-3-19-14(15(16)12(2)18-19)11-17-9-10-20-13-7-5-4-6-8-13/h13,17H,3-11H2,1-2H3. The van der Waals surface area contributed by atoms with Crippen LogP contribution >= 0.6 is 15.9 Å². The molecule has 114 valence electrons. The minimum absolute atomic E-state index is 0.501. The normalized spacial score (nSPS) is 16.8. The molecule has 1 N–H and O–H groups in total. The molecule has 0 unspecified atom stereocenters. The van der Waals surface area contributed by atoms with Gasteiger partial charge in [0.25, 0.3) is 0 Å². The number of rotatable bonds is 7. The van der Waals surface area contributed by atoms with Crippen LogP contribution in [0.25, 0.3) is 0 Å². The van der Waals surface area contributed by atoms with Gasteiger partial charge in [0.2, 0.25) is 0 Å². The van der Waals surface area contributed by atoms with Crippen molar-refractivity contribution < 1.29 is 4.74 Å². The molecule has 1 aliphatic rings. The van der Waals surface area contributed by atoms with Gasteiger partial charge in [-0.25, -0.2) is 0 Å². The zero-order valence-corrected chi connectivity index (χ0v) is 14.2. The van der Waals surface area contributed by atoms with Crippen LogP contribution in [0.1, 0.15) is 50.4 Å². The summed E-state index contributed by atoms with van der Waals surface area (Å²) >= 11 is 3.62. The van der Waals surface area contributed by atoms with E-state index in [-0.39, 0.29) is 0 Å². The Kier molecular flexibility index (Phi) is 6.52. The number of aromatic nitrogens is 2. The Labute approximate surface area is 130 Å². The third-order valence-electron chi connectivity index (χ3n) is 3.93. The molecule has 1 saturated carbocycles. The topological polar surface area (TPSA) is 39.1 Å². The van der Waals surface area contributed by atoms with Gasteiger partial charge in [0.15, 0.2) is 0 Å².